The fourth-order valence-corrected chi connectivity index (χ4v) is 2.58. The maximum atomic E-state index is 11.8. The van der Waals surface area contributed by atoms with E-state index in [1.807, 2.05) is 18.2 Å². The van der Waals surface area contributed by atoms with Crippen molar-refractivity contribution in [3.63, 3.8) is 0 Å². The predicted octanol–water partition coefficient (Wildman–Crippen LogP) is 4.03. The Hall–Kier alpha value is -1.53. The van der Waals surface area contributed by atoms with Crippen LogP contribution in [0, 0.1) is 5.41 Å². The summed E-state index contributed by atoms with van der Waals surface area (Å²) < 4.78 is 5.54. The van der Waals surface area contributed by atoms with Crippen molar-refractivity contribution in [2.45, 2.75) is 32.4 Å². The maximum Gasteiger partial charge on any atom is 0.277 e. The van der Waals surface area contributed by atoms with Crippen molar-refractivity contribution in [3.8, 4) is 11.5 Å². The van der Waals surface area contributed by atoms with Gasteiger partial charge in [0.1, 0.15) is 0 Å². The number of nitrogens with zero attached hydrogens (tertiary/aromatic N) is 2. The lowest BCUT2D eigenvalue weighted by molar-refractivity contribution is -0.118. The second-order valence-corrected chi connectivity index (χ2v) is 7.64. The number of thioether (sulfide) groups is 1. The third-order valence-electron chi connectivity index (χ3n) is 3.03. The van der Waals surface area contributed by atoms with Crippen molar-refractivity contribution < 1.29 is 9.21 Å². The zero-order chi connectivity index (χ0) is 16.9. The first-order valence-corrected chi connectivity index (χ1v) is 8.69. The molecule has 0 spiro atoms. The van der Waals surface area contributed by atoms with Crippen LogP contribution in [-0.4, -0.2) is 28.4 Å². The molecular weight excluding hydrogens is 334 g/mol. The van der Waals surface area contributed by atoms with Crippen LogP contribution in [0.15, 0.2) is 33.9 Å². The summed E-state index contributed by atoms with van der Waals surface area (Å²) in [7, 11) is 0. The summed E-state index contributed by atoms with van der Waals surface area (Å²) in [5.41, 5.74) is 0.889. The van der Waals surface area contributed by atoms with Crippen LogP contribution in [-0.2, 0) is 4.79 Å². The van der Waals surface area contributed by atoms with E-state index in [-0.39, 0.29) is 17.1 Å². The number of rotatable bonds is 6. The topological polar surface area (TPSA) is 68.0 Å². The molecule has 2 aromatic rings. The van der Waals surface area contributed by atoms with Gasteiger partial charge >= 0.3 is 0 Å². The minimum Gasteiger partial charge on any atom is -0.411 e. The van der Waals surface area contributed by atoms with E-state index in [9.17, 15) is 4.79 Å². The molecule has 1 aromatic heterocycles. The Kier molecular flexibility index (Phi) is 6.07. The van der Waals surface area contributed by atoms with E-state index in [0.717, 1.165) is 6.42 Å². The Morgan fingerprint density at radius 2 is 2.04 bits per heavy atom. The number of aromatic nitrogens is 2. The van der Waals surface area contributed by atoms with E-state index in [0.29, 0.717) is 28.2 Å². The van der Waals surface area contributed by atoms with E-state index < -0.39 is 0 Å². The SMILES string of the molecule is CC(C)(C)CCNC(=O)CSc1nnc(-c2ccccc2Cl)o1. The molecule has 0 saturated carbocycles. The Morgan fingerprint density at radius 3 is 2.74 bits per heavy atom. The molecule has 1 amide bonds. The number of hydrogen-bond donors (Lipinski definition) is 1. The Balaban J connectivity index is 1.83. The van der Waals surface area contributed by atoms with Crippen LogP contribution in [0.4, 0.5) is 0 Å². The first-order chi connectivity index (χ1) is 10.8. The average molecular weight is 354 g/mol. The first-order valence-electron chi connectivity index (χ1n) is 7.33. The van der Waals surface area contributed by atoms with Crippen LogP contribution in [0.1, 0.15) is 27.2 Å². The fraction of sp³-hybridized carbons (Fsp3) is 0.438. The van der Waals surface area contributed by atoms with Gasteiger partial charge in [-0.3, -0.25) is 4.79 Å². The van der Waals surface area contributed by atoms with Crippen molar-refractivity contribution in [1.82, 2.24) is 15.5 Å². The first kappa shape index (κ1) is 17.8. The van der Waals surface area contributed by atoms with Crippen molar-refractivity contribution in [2.75, 3.05) is 12.3 Å². The molecule has 0 aliphatic rings. The number of hydrogen-bond acceptors (Lipinski definition) is 5. The van der Waals surface area contributed by atoms with Gasteiger partial charge in [0, 0.05) is 6.54 Å². The Labute approximate surface area is 145 Å². The number of nitrogens with one attached hydrogen (secondary N) is 1. The number of benzene rings is 1. The zero-order valence-electron chi connectivity index (χ0n) is 13.4. The number of carbonyl (C=O) groups is 1. The summed E-state index contributed by atoms with van der Waals surface area (Å²) >= 11 is 7.30. The molecule has 0 bridgehead atoms. The van der Waals surface area contributed by atoms with Crippen molar-refractivity contribution in [2.24, 2.45) is 5.41 Å². The summed E-state index contributed by atoms with van der Waals surface area (Å²) in [6.07, 6.45) is 0.931. The highest BCUT2D eigenvalue weighted by molar-refractivity contribution is 7.99. The minimum absolute atomic E-state index is 0.0447. The third kappa shape index (κ3) is 5.88. The van der Waals surface area contributed by atoms with Gasteiger partial charge in [-0.05, 0) is 24.0 Å². The lowest BCUT2D eigenvalue weighted by Gasteiger charge is -2.17. The van der Waals surface area contributed by atoms with Crippen molar-refractivity contribution >= 4 is 29.3 Å². The van der Waals surface area contributed by atoms with Crippen LogP contribution in [0.25, 0.3) is 11.5 Å². The lowest BCUT2D eigenvalue weighted by Crippen LogP contribution is -2.28. The Morgan fingerprint density at radius 1 is 1.30 bits per heavy atom. The number of halogens is 1. The summed E-state index contributed by atoms with van der Waals surface area (Å²) in [4.78, 5) is 11.8. The molecule has 23 heavy (non-hydrogen) atoms. The second-order valence-electron chi connectivity index (χ2n) is 6.30. The van der Waals surface area contributed by atoms with Gasteiger partial charge in [-0.1, -0.05) is 56.3 Å². The third-order valence-corrected chi connectivity index (χ3v) is 4.18. The zero-order valence-corrected chi connectivity index (χ0v) is 15.0. The van der Waals surface area contributed by atoms with Gasteiger partial charge in [0.15, 0.2) is 0 Å². The molecule has 0 unspecified atom stereocenters. The van der Waals surface area contributed by atoms with Gasteiger partial charge in [0.25, 0.3) is 5.22 Å². The molecule has 124 valence electrons. The molecule has 1 heterocycles. The molecule has 0 fully saturated rings. The van der Waals surface area contributed by atoms with E-state index in [2.05, 4.69) is 36.3 Å². The predicted molar refractivity (Wildman–Crippen MR) is 92.5 cm³/mol. The molecule has 5 nitrogen and oxygen atoms in total. The molecule has 2 rings (SSSR count). The van der Waals surface area contributed by atoms with Crippen LogP contribution in [0.2, 0.25) is 5.02 Å². The van der Waals surface area contributed by atoms with Gasteiger partial charge in [-0.15, -0.1) is 10.2 Å². The molecule has 0 aliphatic carbocycles. The van der Waals surface area contributed by atoms with Crippen molar-refractivity contribution in [3.05, 3.63) is 29.3 Å². The fourth-order valence-electron chi connectivity index (χ4n) is 1.77. The summed E-state index contributed by atoms with van der Waals surface area (Å²) in [5, 5.41) is 11.7. The second kappa shape index (κ2) is 7.84. The van der Waals surface area contributed by atoms with E-state index in [1.54, 1.807) is 6.07 Å². The summed E-state index contributed by atoms with van der Waals surface area (Å²) in [5.74, 6) is 0.553. The van der Waals surface area contributed by atoms with Crippen LogP contribution < -0.4 is 5.32 Å². The van der Waals surface area contributed by atoms with E-state index in [4.69, 9.17) is 16.0 Å². The van der Waals surface area contributed by atoms with Gasteiger partial charge < -0.3 is 9.73 Å². The summed E-state index contributed by atoms with van der Waals surface area (Å²) in [6, 6.07) is 7.25. The largest absolute Gasteiger partial charge is 0.411 e. The van der Waals surface area contributed by atoms with Crippen LogP contribution in [0.5, 0.6) is 0 Å². The van der Waals surface area contributed by atoms with Gasteiger partial charge in [0.05, 0.1) is 16.3 Å². The number of amides is 1. The van der Waals surface area contributed by atoms with Crippen molar-refractivity contribution in [1.29, 1.82) is 0 Å². The monoisotopic (exact) mass is 353 g/mol. The molecule has 1 aromatic carbocycles. The molecule has 0 radical (unpaired) electrons. The standard InChI is InChI=1S/C16H20ClN3O2S/c1-16(2,3)8-9-18-13(21)10-23-15-20-19-14(22-15)11-6-4-5-7-12(11)17/h4-7H,8-10H2,1-3H3,(H,18,21). The Bertz CT molecular complexity index is 667. The van der Waals surface area contributed by atoms with E-state index in [1.165, 1.54) is 11.8 Å². The smallest absolute Gasteiger partial charge is 0.277 e. The molecule has 0 atom stereocenters. The van der Waals surface area contributed by atoms with Crippen LogP contribution >= 0.6 is 23.4 Å². The maximum absolute atomic E-state index is 11.8. The van der Waals surface area contributed by atoms with Gasteiger partial charge in [0.2, 0.25) is 11.8 Å². The highest BCUT2D eigenvalue weighted by Crippen LogP contribution is 2.28. The lowest BCUT2D eigenvalue weighted by atomic mass is 9.92. The highest BCUT2D eigenvalue weighted by Gasteiger charge is 2.14. The molecular formula is C16H20ClN3O2S. The van der Waals surface area contributed by atoms with Gasteiger partial charge in [-0.25, -0.2) is 0 Å². The van der Waals surface area contributed by atoms with Crippen LogP contribution in [0.3, 0.4) is 0 Å². The van der Waals surface area contributed by atoms with E-state index >= 15 is 0 Å². The summed E-state index contributed by atoms with van der Waals surface area (Å²) in [6.45, 7) is 7.09. The molecule has 0 saturated heterocycles. The molecule has 0 aliphatic heterocycles. The normalized spacial score (nSPS) is 11.5. The molecule has 7 heteroatoms. The molecule has 1 N–H and O–H groups in total. The number of carbonyl (C=O) groups excluding carboxylic acids is 1. The van der Waals surface area contributed by atoms with Gasteiger partial charge in [-0.2, -0.15) is 0 Å². The average Bonchev–Trinajstić information content (AvgIpc) is 2.93. The highest BCUT2D eigenvalue weighted by atomic mass is 35.5. The quantitative estimate of drug-likeness (QED) is 0.794. The minimum atomic E-state index is -0.0447.